The minimum atomic E-state index is -0.346. The molecule has 0 aliphatic carbocycles. The molecular weight excluding hydrogens is 322 g/mol. The van der Waals surface area contributed by atoms with Gasteiger partial charge in [-0.3, -0.25) is 9.98 Å². The molecule has 0 radical (unpaired) electrons. The van der Waals surface area contributed by atoms with Gasteiger partial charge in [0.1, 0.15) is 6.33 Å². The number of nitrogens with zero attached hydrogens (tertiary/aromatic N) is 5. The number of hydrogen-bond acceptors (Lipinski definition) is 5. The zero-order valence-electron chi connectivity index (χ0n) is 15.9. The first-order chi connectivity index (χ1) is 12.4. The summed E-state index contributed by atoms with van der Waals surface area (Å²) in [5, 5.41) is 0. The number of anilines is 2. The van der Waals surface area contributed by atoms with Crippen molar-refractivity contribution < 1.29 is 0 Å². The summed E-state index contributed by atoms with van der Waals surface area (Å²) in [6.45, 7) is 14.6. The molecule has 2 aliphatic rings. The van der Waals surface area contributed by atoms with Crippen LogP contribution in [0.15, 0.2) is 53.3 Å². The van der Waals surface area contributed by atoms with Gasteiger partial charge in [-0.1, -0.05) is 6.08 Å². The smallest absolute Gasteiger partial charge is 0.115 e. The Bertz CT molecular complexity index is 982. The summed E-state index contributed by atoms with van der Waals surface area (Å²) in [6.07, 6.45) is 9.50. The van der Waals surface area contributed by atoms with E-state index in [4.69, 9.17) is 4.98 Å². The number of aromatic nitrogens is 3. The molecule has 132 valence electrons. The molecule has 0 N–H and O–H groups in total. The lowest BCUT2D eigenvalue weighted by atomic mass is 9.71. The fraction of sp³-hybridized carbons (Fsp3) is 0.333. The van der Waals surface area contributed by atoms with Crippen molar-refractivity contribution in [2.45, 2.75) is 45.4 Å². The van der Waals surface area contributed by atoms with Gasteiger partial charge >= 0.3 is 0 Å². The van der Waals surface area contributed by atoms with Gasteiger partial charge in [0.05, 0.1) is 45.8 Å². The van der Waals surface area contributed by atoms with Crippen LogP contribution in [0.5, 0.6) is 0 Å². The Balaban J connectivity index is 2.20. The zero-order chi connectivity index (χ0) is 18.7. The fourth-order valence-electron chi connectivity index (χ4n) is 4.24. The van der Waals surface area contributed by atoms with Crippen LogP contribution in [0, 0.1) is 0 Å². The molecule has 0 aromatic carbocycles. The molecule has 0 unspecified atom stereocenters. The van der Waals surface area contributed by atoms with Crippen LogP contribution in [-0.4, -0.2) is 21.7 Å². The molecule has 4 rings (SSSR count). The lowest BCUT2D eigenvalue weighted by Crippen LogP contribution is -2.41. The molecule has 26 heavy (non-hydrogen) atoms. The van der Waals surface area contributed by atoms with Crippen molar-refractivity contribution in [3.8, 4) is 0 Å². The zero-order valence-corrected chi connectivity index (χ0v) is 15.9. The van der Waals surface area contributed by atoms with E-state index in [0.29, 0.717) is 0 Å². The average Bonchev–Trinajstić information content (AvgIpc) is 2.61. The molecule has 5 nitrogen and oxygen atoms in total. The van der Waals surface area contributed by atoms with Gasteiger partial charge in [-0.15, -0.1) is 0 Å². The number of pyridine rings is 1. The Labute approximate surface area is 154 Å². The molecule has 0 saturated carbocycles. The van der Waals surface area contributed by atoms with Crippen LogP contribution in [0.25, 0.3) is 0 Å². The van der Waals surface area contributed by atoms with E-state index in [-0.39, 0.29) is 10.8 Å². The number of fused-ring (bicyclic) bond motifs is 2. The third kappa shape index (κ3) is 1.91. The van der Waals surface area contributed by atoms with E-state index < -0.39 is 0 Å². The van der Waals surface area contributed by atoms with Crippen LogP contribution in [0.1, 0.15) is 51.6 Å². The van der Waals surface area contributed by atoms with E-state index in [1.165, 1.54) is 5.56 Å². The molecule has 2 aromatic heterocycles. The number of allylic oxidation sites excluding steroid dienone is 3. The van der Waals surface area contributed by atoms with Crippen LogP contribution in [0.4, 0.5) is 11.4 Å². The van der Waals surface area contributed by atoms with Gasteiger partial charge in [-0.25, -0.2) is 9.97 Å². The minimum absolute atomic E-state index is 0.238. The maximum absolute atomic E-state index is 4.77. The van der Waals surface area contributed by atoms with Crippen LogP contribution in [-0.2, 0) is 10.8 Å². The standard InChI is InChI=1S/C21H23N5/c1-7-8-14-17(22-6)21(4,5)19-16-13(9-10-24-19)20(2,3)18-15(26(14)16)11-23-12-25-18/h7-12H,6H2,1-5H3/b8-7-. The number of aliphatic imine (C=N–C) groups is 1. The molecule has 2 aromatic rings. The molecule has 0 spiro atoms. The summed E-state index contributed by atoms with van der Waals surface area (Å²) < 4.78 is 0. The third-order valence-corrected chi connectivity index (χ3v) is 5.50. The van der Waals surface area contributed by atoms with Crippen molar-refractivity contribution in [3.05, 3.63) is 65.3 Å². The van der Waals surface area contributed by atoms with Crippen LogP contribution >= 0.6 is 0 Å². The second kappa shape index (κ2) is 5.34. The molecule has 4 heterocycles. The first kappa shape index (κ1) is 16.6. The average molecular weight is 345 g/mol. The van der Waals surface area contributed by atoms with Crippen molar-refractivity contribution in [1.82, 2.24) is 15.0 Å². The second-order valence-electron chi connectivity index (χ2n) is 7.79. The highest BCUT2D eigenvalue weighted by Crippen LogP contribution is 2.56. The van der Waals surface area contributed by atoms with Crippen molar-refractivity contribution in [2.75, 3.05) is 4.90 Å². The van der Waals surface area contributed by atoms with Gasteiger partial charge in [0, 0.05) is 11.6 Å². The fourth-order valence-corrected chi connectivity index (χ4v) is 4.24. The van der Waals surface area contributed by atoms with E-state index in [1.807, 2.05) is 25.4 Å². The lowest BCUT2D eigenvalue weighted by Gasteiger charge is -2.47. The van der Waals surface area contributed by atoms with Gasteiger partial charge in [0.25, 0.3) is 0 Å². The van der Waals surface area contributed by atoms with Crippen LogP contribution in [0.2, 0.25) is 0 Å². The van der Waals surface area contributed by atoms with Crippen LogP contribution in [0.3, 0.4) is 0 Å². The highest BCUT2D eigenvalue weighted by molar-refractivity contribution is 5.85. The summed E-state index contributed by atoms with van der Waals surface area (Å²) in [5.41, 5.74) is 6.64. The Morgan fingerprint density at radius 3 is 2.58 bits per heavy atom. The minimum Gasteiger partial charge on any atom is -0.303 e. The third-order valence-electron chi connectivity index (χ3n) is 5.50. The molecule has 0 fully saturated rings. The van der Waals surface area contributed by atoms with Gasteiger partial charge in [-0.2, -0.15) is 0 Å². The molecule has 2 aliphatic heterocycles. The normalized spacial score (nSPS) is 19.3. The monoisotopic (exact) mass is 345 g/mol. The summed E-state index contributed by atoms with van der Waals surface area (Å²) in [6, 6.07) is 2.10. The first-order valence-electron chi connectivity index (χ1n) is 8.80. The molecule has 0 atom stereocenters. The van der Waals surface area contributed by atoms with Gasteiger partial charge in [-0.05, 0) is 59.0 Å². The Morgan fingerprint density at radius 2 is 1.88 bits per heavy atom. The van der Waals surface area contributed by atoms with Crippen LogP contribution < -0.4 is 4.90 Å². The molecule has 0 bridgehead atoms. The number of hydrogen-bond donors (Lipinski definition) is 0. The molecule has 0 saturated heterocycles. The van der Waals surface area contributed by atoms with Crippen molar-refractivity contribution in [1.29, 1.82) is 0 Å². The molecule has 0 amide bonds. The van der Waals surface area contributed by atoms with E-state index in [1.54, 1.807) is 6.33 Å². The molecule has 5 heteroatoms. The van der Waals surface area contributed by atoms with Gasteiger partial charge in [0.2, 0.25) is 0 Å². The summed E-state index contributed by atoms with van der Waals surface area (Å²) >= 11 is 0. The maximum Gasteiger partial charge on any atom is 0.115 e. The lowest BCUT2D eigenvalue weighted by molar-refractivity contribution is 0.551. The summed E-state index contributed by atoms with van der Waals surface area (Å²) in [4.78, 5) is 20.3. The Hall–Kier alpha value is -2.82. The highest BCUT2D eigenvalue weighted by Gasteiger charge is 2.47. The van der Waals surface area contributed by atoms with Crippen molar-refractivity contribution in [2.24, 2.45) is 4.99 Å². The van der Waals surface area contributed by atoms with E-state index in [0.717, 1.165) is 34.2 Å². The number of rotatable bonds is 2. The van der Waals surface area contributed by atoms with Crippen molar-refractivity contribution in [3.63, 3.8) is 0 Å². The van der Waals surface area contributed by atoms with E-state index in [9.17, 15) is 0 Å². The Kier molecular flexibility index (Phi) is 3.41. The SMILES string of the molecule is C=NC1=C(/C=C\C)N2c3cncnc3C(C)(C)c3ccnc(c32)C1(C)C. The maximum atomic E-state index is 4.77. The predicted octanol–water partition coefficient (Wildman–Crippen LogP) is 4.43. The highest BCUT2D eigenvalue weighted by atomic mass is 15.2. The predicted molar refractivity (Wildman–Crippen MR) is 105 cm³/mol. The second-order valence-corrected chi connectivity index (χ2v) is 7.79. The quantitative estimate of drug-likeness (QED) is 0.756. The van der Waals surface area contributed by atoms with Gasteiger partial charge in [0.15, 0.2) is 0 Å². The summed E-state index contributed by atoms with van der Waals surface area (Å²) in [7, 11) is 0. The molecular formula is C21H23N5. The van der Waals surface area contributed by atoms with Gasteiger partial charge < -0.3 is 4.90 Å². The van der Waals surface area contributed by atoms with E-state index in [2.05, 4.69) is 66.4 Å². The Morgan fingerprint density at radius 1 is 1.12 bits per heavy atom. The summed E-state index contributed by atoms with van der Waals surface area (Å²) in [5.74, 6) is 0. The topological polar surface area (TPSA) is 54.3 Å². The van der Waals surface area contributed by atoms with Crippen molar-refractivity contribution >= 4 is 18.1 Å². The van der Waals surface area contributed by atoms with E-state index >= 15 is 0 Å². The largest absolute Gasteiger partial charge is 0.303 e. The first-order valence-corrected chi connectivity index (χ1v) is 8.80.